The minimum atomic E-state index is -0.354. The van der Waals surface area contributed by atoms with Crippen LogP contribution in [-0.2, 0) is 0 Å². The van der Waals surface area contributed by atoms with Gasteiger partial charge in [-0.15, -0.1) is 19.0 Å². The van der Waals surface area contributed by atoms with Gasteiger partial charge >= 0.3 is 0 Å². The molecule has 1 atom stereocenters. The summed E-state index contributed by atoms with van der Waals surface area (Å²) in [7, 11) is 0. The van der Waals surface area contributed by atoms with Crippen molar-refractivity contribution in [2.45, 2.75) is 12.5 Å². The summed E-state index contributed by atoms with van der Waals surface area (Å²) in [6.07, 6.45) is 1.93. The van der Waals surface area contributed by atoms with Gasteiger partial charge in [0.2, 0.25) is 0 Å². The molecule has 0 aliphatic rings. The van der Waals surface area contributed by atoms with Crippen LogP contribution in [0.15, 0.2) is 12.7 Å². The Bertz CT molecular complexity index is 58.4. The van der Waals surface area contributed by atoms with E-state index in [1.165, 1.54) is 0 Å². The Morgan fingerprint density at radius 2 is 2.25 bits per heavy atom. The molecule has 8 heavy (non-hydrogen) atoms. The Balaban J connectivity index is 0. The second-order valence-electron chi connectivity index (χ2n) is 1.38. The van der Waals surface area contributed by atoms with Crippen LogP contribution in [-0.4, -0.2) is 12.7 Å². The summed E-state index contributed by atoms with van der Waals surface area (Å²) in [6.45, 7) is 3.03. The van der Waals surface area contributed by atoms with E-state index in [9.17, 15) is 4.39 Å². The zero-order valence-electron chi connectivity index (χ0n) is 4.64. The number of nitrogens with two attached hydrogens (primary N) is 1. The molecule has 50 valence electrons. The van der Waals surface area contributed by atoms with Crippen LogP contribution < -0.4 is 5.73 Å². The normalized spacial score (nSPS) is 11.8. The molecule has 0 heterocycles. The van der Waals surface area contributed by atoms with Crippen molar-refractivity contribution in [2.24, 2.45) is 5.73 Å². The summed E-state index contributed by atoms with van der Waals surface area (Å²) in [5, 5.41) is 0. The number of rotatable bonds is 3. The third-order valence-corrected chi connectivity index (χ3v) is 0.745. The van der Waals surface area contributed by atoms with E-state index >= 15 is 0 Å². The van der Waals surface area contributed by atoms with E-state index in [1.807, 2.05) is 0 Å². The van der Waals surface area contributed by atoms with Gasteiger partial charge in [-0.2, -0.15) is 0 Å². The molecule has 0 saturated carbocycles. The minimum Gasteiger partial charge on any atom is -0.324 e. The molecule has 0 rings (SSSR count). The first-order valence-corrected chi connectivity index (χ1v) is 2.25. The molecule has 0 aliphatic carbocycles. The van der Waals surface area contributed by atoms with E-state index in [0.29, 0.717) is 6.42 Å². The maximum Gasteiger partial charge on any atom is 0.0912 e. The highest BCUT2D eigenvalue weighted by Gasteiger charge is 1.91. The molecule has 1 unspecified atom stereocenters. The Morgan fingerprint density at radius 3 is 2.38 bits per heavy atom. The molecule has 0 saturated heterocycles. The maximum atomic E-state index is 11.3. The lowest BCUT2D eigenvalue weighted by Crippen LogP contribution is -2.16. The van der Waals surface area contributed by atoms with Gasteiger partial charge < -0.3 is 5.73 Å². The Hall–Kier alpha value is -0.0800. The average Bonchev–Trinajstić information content (AvgIpc) is 1.68. The minimum absolute atomic E-state index is 0. The van der Waals surface area contributed by atoms with Crippen LogP contribution >= 0.6 is 12.4 Å². The predicted molar refractivity (Wildman–Crippen MR) is 36.0 cm³/mol. The third kappa shape index (κ3) is 5.92. The highest BCUT2D eigenvalue weighted by Crippen LogP contribution is 1.86. The molecular weight excluding hydrogens is 129 g/mol. The van der Waals surface area contributed by atoms with Gasteiger partial charge in [0.25, 0.3) is 0 Å². The van der Waals surface area contributed by atoms with E-state index in [-0.39, 0.29) is 25.1 Å². The average molecular weight is 140 g/mol. The van der Waals surface area contributed by atoms with Gasteiger partial charge in [0.15, 0.2) is 0 Å². The predicted octanol–water partition coefficient (Wildman–Crippen LogP) is 1.28. The van der Waals surface area contributed by atoms with Crippen molar-refractivity contribution in [3.63, 3.8) is 0 Å². The fourth-order valence-electron chi connectivity index (χ4n) is 0.244. The number of hydrogen-bond acceptors (Lipinski definition) is 1. The van der Waals surface area contributed by atoms with Crippen molar-refractivity contribution in [3.8, 4) is 0 Å². The molecule has 0 aliphatic heterocycles. The second-order valence-corrected chi connectivity index (χ2v) is 1.38. The summed E-state index contributed by atoms with van der Waals surface area (Å²) in [4.78, 5) is 0. The van der Waals surface area contributed by atoms with Gasteiger partial charge in [0, 0.05) is 6.04 Å². The molecular formula is C5H11ClFN. The molecule has 2 N–H and O–H groups in total. The monoisotopic (exact) mass is 139 g/mol. The van der Waals surface area contributed by atoms with E-state index in [4.69, 9.17) is 5.73 Å². The van der Waals surface area contributed by atoms with E-state index in [1.54, 1.807) is 6.08 Å². The van der Waals surface area contributed by atoms with Gasteiger partial charge in [-0.3, -0.25) is 4.39 Å². The Kier molecular flexibility index (Phi) is 9.36. The summed E-state index contributed by atoms with van der Waals surface area (Å²) in [5.74, 6) is 0. The molecule has 0 radical (unpaired) electrons. The standard InChI is InChI=1S/C5H10FN.ClH/c1-2-5(7)3-4-6;/h2,5H,1,3-4,7H2;1H. The fraction of sp³-hybridized carbons (Fsp3) is 0.600. The van der Waals surface area contributed by atoms with Crippen molar-refractivity contribution in [1.82, 2.24) is 0 Å². The van der Waals surface area contributed by atoms with Crippen LogP contribution in [0, 0.1) is 0 Å². The topological polar surface area (TPSA) is 26.0 Å². The molecule has 0 spiro atoms. The highest BCUT2D eigenvalue weighted by molar-refractivity contribution is 5.85. The first-order chi connectivity index (χ1) is 3.31. The summed E-state index contributed by atoms with van der Waals surface area (Å²) in [5.41, 5.74) is 5.23. The van der Waals surface area contributed by atoms with Gasteiger partial charge in [-0.1, -0.05) is 6.08 Å². The van der Waals surface area contributed by atoms with Crippen molar-refractivity contribution in [1.29, 1.82) is 0 Å². The van der Waals surface area contributed by atoms with Gasteiger partial charge in [-0.05, 0) is 6.42 Å². The zero-order chi connectivity index (χ0) is 5.70. The number of halogens is 2. The van der Waals surface area contributed by atoms with Crippen LogP contribution in [0.1, 0.15) is 6.42 Å². The SMILES string of the molecule is C=CC(N)CCF.Cl. The maximum absolute atomic E-state index is 11.3. The van der Waals surface area contributed by atoms with E-state index in [2.05, 4.69) is 6.58 Å². The molecule has 0 fully saturated rings. The molecule has 0 aromatic carbocycles. The highest BCUT2D eigenvalue weighted by atomic mass is 35.5. The molecule has 0 aromatic heterocycles. The summed E-state index contributed by atoms with van der Waals surface area (Å²) in [6, 6.07) is -0.162. The Labute approximate surface area is 55.2 Å². The summed E-state index contributed by atoms with van der Waals surface area (Å²) < 4.78 is 11.3. The van der Waals surface area contributed by atoms with Crippen molar-refractivity contribution in [2.75, 3.05) is 6.67 Å². The largest absolute Gasteiger partial charge is 0.324 e. The zero-order valence-corrected chi connectivity index (χ0v) is 5.46. The molecule has 0 amide bonds. The van der Waals surface area contributed by atoms with Crippen LogP contribution in [0.25, 0.3) is 0 Å². The van der Waals surface area contributed by atoms with Crippen LogP contribution in [0.3, 0.4) is 0 Å². The van der Waals surface area contributed by atoms with E-state index in [0.717, 1.165) is 0 Å². The van der Waals surface area contributed by atoms with Crippen molar-refractivity contribution in [3.05, 3.63) is 12.7 Å². The lowest BCUT2D eigenvalue weighted by Gasteiger charge is -1.97. The summed E-state index contributed by atoms with van der Waals surface area (Å²) >= 11 is 0. The van der Waals surface area contributed by atoms with E-state index < -0.39 is 0 Å². The molecule has 0 aromatic rings. The van der Waals surface area contributed by atoms with Gasteiger partial charge in [-0.25, -0.2) is 0 Å². The van der Waals surface area contributed by atoms with Gasteiger partial charge in [0.1, 0.15) is 0 Å². The van der Waals surface area contributed by atoms with Crippen molar-refractivity contribution >= 4 is 12.4 Å². The third-order valence-electron chi connectivity index (χ3n) is 0.745. The lowest BCUT2D eigenvalue weighted by molar-refractivity contribution is 0.458. The first-order valence-electron chi connectivity index (χ1n) is 2.25. The molecule has 3 heteroatoms. The van der Waals surface area contributed by atoms with Crippen LogP contribution in [0.4, 0.5) is 4.39 Å². The van der Waals surface area contributed by atoms with Crippen LogP contribution in [0.2, 0.25) is 0 Å². The molecule has 0 bridgehead atoms. The lowest BCUT2D eigenvalue weighted by atomic mass is 10.2. The number of alkyl halides is 1. The first kappa shape index (κ1) is 10.8. The van der Waals surface area contributed by atoms with Gasteiger partial charge in [0.05, 0.1) is 6.67 Å². The van der Waals surface area contributed by atoms with Crippen molar-refractivity contribution < 1.29 is 4.39 Å². The quantitative estimate of drug-likeness (QED) is 0.586. The Morgan fingerprint density at radius 1 is 1.75 bits per heavy atom. The second kappa shape index (κ2) is 6.92. The molecule has 1 nitrogen and oxygen atoms in total. The number of hydrogen-bond donors (Lipinski definition) is 1. The fourth-order valence-corrected chi connectivity index (χ4v) is 0.244. The smallest absolute Gasteiger partial charge is 0.0912 e. The van der Waals surface area contributed by atoms with Crippen LogP contribution in [0.5, 0.6) is 0 Å².